The summed E-state index contributed by atoms with van der Waals surface area (Å²) in [6.07, 6.45) is 2.14. The van der Waals surface area contributed by atoms with Crippen LogP contribution in [-0.2, 0) is 6.54 Å². The van der Waals surface area contributed by atoms with E-state index in [4.69, 9.17) is 16.3 Å². The van der Waals surface area contributed by atoms with Crippen LogP contribution < -0.4 is 10.3 Å². The van der Waals surface area contributed by atoms with Gasteiger partial charge >= 0.3 is 0 Å². The van der Waals surface area contributed by atoms with Crippen LogP contribution in [0, 0.1) is 6.92 Å². The van der Waals surface area contributed by atoms with Crippen LogP contribution in [0.3, 0.4) is 0 Å². The number of aromatic nitrogens is 4. The Balaban J connectivity index is 1.23. The van der Waals surface area contributed by atoms with Crippen LogP contribution in [0.4, 0.5) is 0 Å². The molecule has 2 aromatic carbocycles. The number of aryl methyl sites for hydroxylation is 1. The average molecular weight is 494 g/mol. The summed E-state index contributed by atoms with van der Waals surface area (Å²) in [4.78, 5) is 31.9. The van der Waals surface area contributed by atoms with Crippen LogP contribution in [0.15, 0.2) is 59.5 Å². The van der Waals surface area contributed by atoms with Gasteiger partial charge in [0.25, 0.3) is 11.5 Å². The third-order valence-electron chi connectivity index (χ3n) is 6.33. The number of ether oxygens (including phenoxy) is 1. The maximum atomic E-state index is 13.0. The number of carbonyl (C=O) groups excluding carboxylic acids is 1. The number of carbonyl (C=O) groups is 1. The highest BCUT2D eigenvalue weighted by molar-refractivity contribution is 6.30. The molecule has 1 aliphatic rings. The van der Waals surface area contributed by atoms with Crippen molar-refractivity contribution < 1.29 is 14.6 Å². The molecule has 0 saturated carbocycles. The van der Waals surface area contributed by atoms with Crippen molar-refractivity contribution in [2.45, 2.75) is 31.9 Å². The molecule has 5 rings (SSSR count). The molecule has 1 amide bonds. The molecule has 1 fully saturated rings. The van der Waals surface area contributed by atoms with Crippen LogP contribution in [0.2, 0.25) is 5.02 Å². The summed E-state index contributed by atoms with van der Waals surface area (Å²) in [6, 6.07) is 14.0. The molecular weight excluding hydrogens is 470 g/mol. The number of hydrogen-bond acceptors (Lipinski definition) is 6. The van der Waals surface area contributed by atoms with Crippen molar-refractivity contribution in [3.05, 3.63) is 81.5 Å². The normalized spacial score (nSPS) is 15.3. The minimum atomic E-state index is -1.11. The number of hydrogen-bond donors (Lipinski definition) is 2. The second kappa shape index (κ2) is 9.16. The van der Waals surface area contributed by atoms with Crippen molar-refractivity contribution in [1.82, 2.24) is 24.6 Å². The molecule has 2 aromatic heterocycles. The number of aromatic amines is 1. The van der Waals surface area contributed by atoms with E-state index in [-0.39, 0.29) is 18.0 Å². The summed E-state index contributed by atoms with van der Waals surface area (Å²) in [5.41, 5.74) is -0.386. The first-order valence-corrected chi connectivity index (χ1v) is 11.6. The van der Waals surface area contributed by atoms with Gasteiger partial charge in [-0.1, -0.05) is 17.7 Å². The number of nitrogens with one attached hydrogen (secondary N) is 1. The first kappa shape index (κ1) is 23.1. The summed E-state index contributed by atoms with van der Waals surface area (Å²) < 4.78 is 7.26. The quantitative estimate of drug-likeness (QED) is 0.439. The van der Waals surface area contributed by atoms with Gasteiger partial charge in [0.1, 0.15) is 22.7 Å². The summed E-state index contributed by atoms with van der Waals surface area (Å²) in [5, 5.41) is 18.7. The van der Waals surface area contributed by atoms with Crippen LogP contribution in [0.1, 0.15) is 29.0 Å². The molecule has 0 bridgehead atoms. The number of piperidine rings is 1. The predicted octanol–water partition coefficient (Wildman–Crippen LogP) is 3.54. The van der Waals surface area contributed by atoms with Crippen LogP contribution >= 0.6 is 11.6 Å². The first-order chi connectivity index (χ1) is 16.8. The van der Waals surface area contributed by atoms with Gasteiger partial charge in [-0.05, 0) is 62.2 Å². The van der Waals surface area contributed by atoms with Gasteiger partial charge in [-0.15, -0.1) is 0 Å². The van der Waals surface area contributed by atoms with Gasteiger partial charge in [-0.25, -0.2) is 4.98 Å². The van der Waals surface area contributed by atoms with Gasteiger partial charge in [0, 0.05) is 23.7 Å². The Morgan fingerprint density at radius 3 is 2.63 bits per heavy atom. The van der Waals surface area contributed by atoms with E-state index >= 15 is 0 Å². The lowest BCUT2D eigenvalue weighted by Gasteiger charge is -2.38. The molecule has 4 aromatic rings. The number of aliphatic hydroxyl groups is 1. The Kier molecular flexibility index (Phi) is 6.04. The molecule has 0 spiro atoms. The Labute approximate surface area is 205 Å². The maximum absolute atomic E-state index is 13.0. The number of halogens is 1. The second-order valence-corrected chi connectivity index (χ2v) is 9.22. The highest BCUT2D eigenvalue weighted by atomic mass is 35.5. The lowest BCUT2D eigenvalue weighted by atomic mass is 9.90. The third-order valence-corrected chi connectivity index (χ3v) is 6.56. The fourth-order valence-electron chi connectivity index (χ4n) is 4.31. The van der Waals surface area contributed by atoms with Crippen molar-refractivity contribution in [2.24, 2.45) is 0 Å². The van der Waals surface area contributed by atoms with E-state index < -0.39 is 5.60 Å². The molecule has 1 saturated heterocycles. The molecule has 0 radical (unpaired) electrons. The van der Waals surface area contributed by atoms with Gasteiger partial charge < -0.3 is 14.7 Å². The lowest BCUT2D eigenvalue weighted by Crippen LogP contribution is -2.50. The molecule has 3 heterocycles. The van der Waals surface area contributed by atoms with E-state index in [1.54, 1.807) is 60.4 Å². The molecule has 0 aliphatic carbocycles. The minimum absolute atomic E-state index is 0.114. The Bertz CT molecular complexity index is 1440. The highest BCUT2D eigenvalue weighted by Gasteiger charge is 2.35. The number of benzene rings is 2. The fourth-order valence-corrected chi connectivity index (χ4v) is 4.50. The van der Waals surface area contributed by atoms with E-state index in [2.05, 4.69) is 15.2 Å². The van der Waals surface area contributed by atoms with Crippen molar-refractivity contribution in [1.29, 1.82) is 0 Å². The smallest absolute Gasteiger partial charge is 0.264 e. The number of nitrogens with zero attached hydrogens (tertiary/aromatic N) is 4. The van der Waals surface area contributed by atoms with Crippen molar-refractivity contribution in [3.8, 4) is 11.5 Å². The summed E-state index contributed by atoms with van der Waals surface area (Å²) in [5.74, 6) is 1.60. The molecule has 0 unspecified atom stereocenters. The molecule has 35 heavy (non-hydrogen) atoms. The monoisotopic (exact) mass is 493 g/mol. The zero-order valence-electron chi connectivity index (χ0n) is 19.1. The Hall–Kier alpha value is -3.69. The maximum Gasteiger partial charge on any atom is 0.264 e. The van der Waals surface area contributed by atoms with Gasteiger partial charge in [0.2, 0.25) is 0 Å². The second-order valence-electron chi connectivity index (χ2n) is 8.78. The van der Waals surface area contributed by atoms with Crippen molar-refractivity contribution in [3.63, 3.8) is 0 Å². The van der Waals surface area contributed by atoms with E-state index in [1.165, 1.54) is 10.8 Å². The van der Waals surface area contributed by atoms with E-state index in [1.807, 2.05) is 0 Å². The first-order valence-electron chi connectivity index (χ1n) is 11.3. The summed E-state index contributed by atoms with van der Waals surface area (Å²) in [7, 11) is 0. The van der Waals surface area contributed by atoms with E-state index in [9.17, 15) is 14.7 Å². The van der Waals surface area contributed by atoms with Crippen LogP contribution in [0.5, 0.6) is 11.5 Å². The van der Waals surface area contributed by atoms with Crippen LogP contribution in [-0.4, -0.2) is 54.4 Å². The van der Waals surface area contributed by atoms with Gasteiger partial charge in [-0.3, -0.25) is 19.3 Å². The SMILES string of the molecule is Cc1nc2[nH]ncc2c(=O)n1CC1(O)CCN(C(=O)c2ccc(Oc3cccc(Cl)c3)cc2)CC1. The highest BCUT2D eigenvalue weighted by Crippen LogP contribution is 2.27. The standard InChI is InChI=1S/C25H24ClN5O4/c1-16-28-22-21(14-27-29-22)24(33)31(16)15-25(34)9-11-30(12-10-25)23(32)17-5-7-19(8-6-17)35-20-4-2-3-18(26)13-20/h2-8,13-14,34H,9-12,15H2,1H3,(H,27,29). The van der Waals surface area contributed by atoms with E-state index in [0.29, 0.717) is 64.9 Å². The predicted molar refractivity (Wildman–Crippen MR) is 131 cm³/mol. The zero-order valence-corrected chi connectivity index (χ0v) is 19.8. The van der Waals surface area contributed by atoms with Crippen molar-refractivity contribution >= 4 is 28.5 Å². The zero-order chi connectivity index (χ0) is 24.6. The minimum Gasteiger partial charge on any atom is -0.457 e. The molecule has 9 nitrogen and oxygen atoms in total. The van der Waals surface area contributed by atoms with Crippen LogP contribution in [0.25, 0.3) is 11.0 Å². The molecule has 180 valence electrons. The third kappa shape index (κ3) is 4.78. The summed E-state index contributed by atoms with van der Waals surface area (Å²) >= 11 is 5.99. The van der Waals surface area contributed by atoms with Gasteiger partial charge in [0.15, 0.2) is 5.65 Å². The van der Waals surface area contributed by atoms with E-state index in [0.717, 1.165) is 0 Å². The Morgan fingerprint density at radius 1 is 1.17 bits per heavy atom. The topological polar surface area (TPSA) is 113 Å². The van der Waals surface area contributed by atoms with Crippen molar-refractivity contribution in [2.75, 3.05) is 13.1 Å². The fraction of sp³-hybridized carbons (Fsp3) is 0.280. The number of H-pyrrole nitrogens is 1. The summed E-state index contributed by atoms with van der Waals surface area (Å²) in [6.45, 7) is 2.60. The number of fused-ring (bicyclic) bond motifs is 1. The van der Waals surface area contributed by atoms with Gasteiger partial charge in [0.05, 0.1) is 18.3 Å². The molecule has 0 atom stereocenters. The largest absolute Gasteiger partial charge is 0.457 e. The Morgan fingerprint density at radius 2 is 1.91 bits per heavy atom. The molecule has 2 N–H and O–H groups in total. The molecular formula is C25H24ClN5O4. The molecule has 1 aliphatic heterocycles. The van der Waals surface area contributed by atoms with Gasteiger partial charge in [-0.2, -0.15) is 5.10 Å². The lowest BCUT2D eigenvalue weighted by molar-refractivity contribution is -0.0303. The molecule has 10 heteroatoms. The number of rotatable bonds is 5. The average Bonchev–Trinajstić information content (AvgIpc) is 3.31. The number of amides is 1. The number of likely N-dealkylation sites (tertiary alicyclic amines) is 1.